The minimum atomic E-state index is 0.421. The Kier molecular flexibility index (Phi) is 7.85. The summed E-state index contributed by atoms with van der Waals surface area (Å²) in [6, 6.07) is 1.01. The number of nitrogens with zero attached hydrogens (tertiary/aromatic N) is 3. The van der Waals surface area contributed by atoms with E-state index in [4.69, 9.17) is 9.15 Å². The quantitative estimate of drug-likeness (QED) is 0.653. The summed E-state index contributed by atoms with van der Waals surface area (Å²) < 4.78 is 10.6. The highest BCUT2D eigenvalue weighted by Gasteiger charge is 2.18. The van der Waals surface area contributed by atoms with Crippen LogP contribution in [0.1, 0.15) is 19.2 Å². The lowest BCUT2D eigenvalue weighted by Crippen LogP contribution is -2.33. The van der Waals surface area contributed by atoms with Gasteiger partial charge in [0, 0.05) is 32.5 Å². The number of thioether (sulfide) groups is 1. The molecule has 19 heavy (non-hydrogen) atoms. The topological polar surface area (TPSA) is 63.4 Å². The molecular weight excluding hydrogens is 264 g/mol. The van der Waals surface area contributed by atoms with Crippen LogP contribution in [0.5, 0.6) is 0 Å². The zero-order chi connectivity index (χ0) is 14.1. The predicted molar refractivity (Wildman–Crippen MR) is 78.7 cm³/mol. The van der Waals surface area contributed by atoms with E-state index in [9.17, 15) is 0 Å². The lowest BCUT2D eigenvalue weighted by Gasteiger charge is -2.24. The Morgan fingerprint density at radius 3 is 2.89 bits per heavy atom. The van der Waals surface area contributed by atoms with Gasteiger partial charge in [-0.3, -0.25) is 0 Å². The van der Waals surface area contributed by atoms with Gasteiger partial charge in [0.1, 0.15) is 0 Å². The van der Waals surface area contributed by atoms with Crippen molar-refractivity contribution in [3.05, 3.63) is 5.89 Å². The normalized spacial score (nSPS) is 12.6. The number of hydrogen-bond donors (Lipinski definition) is 1. The van der Waals surface area contributed by atoms with Crippen LogP contribution >= 0.6 is 11.8 Å². The molecule has 1 aromatic rings. The highest BCUT2D eigenvalue weighted by molar-refractivity contribution is 7.98. The van der Waals surface area contributed by atoms with Gasteiger partial charge in [-0.25, -0.2) is 0 Å². The first kappa shape index (κ1) is 16.3. The summed E-state index contributed by atoms with van der Waals surface area (Å²) in [5.74, 6) is 1.66. The molecule has 0 amide bonds. The number of rotatable bonds is 10. The van der Waals surface area contributed by atoms with Gasteiger partial charge in [0.25, 0.3) is 0 Å². The first-order valence-electron chi connectivity index (χ1n) is 6.46. The van der Waals surface area contributed by atoms with Crippen molar-refractivity contribution in [1.29, 1.82) is 0 Å². The Hall–Kier alpha value is -0.790. The van der Waals surface area contributed by atoms with Crippen molar-refractivity contribution in [2.45, 2.75) is 25.9 Å². The van der Waals surface area contributed by atoms with Gasteiger partial charge in [-0.2, -0.15) is 11.8 Å². The van der Waals surface area contributed by atoms with Crippen molar-refractivity contribution in [2.75, 3.05) is 44.2 Å². The molecule has 1 unspecified atom stereocenters. The number of methoxy groups -OCH3 is 1. The Labute approximate surface area is 119 Å². The molecule has 0 aromatic carbocycles. The van der Waals surface area contributed by atoms with E-state index in [1.165, 1.54) is 0 Å². The summed E-state index contributed by atoms with van der Waals surface area (Å²) in [5.41, 5.74) is 0. The van der Waals surface area contributed by atoms with Crippen LogP contribution in [0.3, 0.4) is 0 Å². The molecular formula is C12H24N4O2S. The second-order valence-corrected chi connectivity index (χ2v) is 5.19. The maximum atomic E-state index is 5.65. The number of anilines is 1. The Morgan fingerprint density at radius 1 is 1.47 bits per heavy atom. The fraction of sp³-hybridized carbons (Fsp3) is 0.833. The van der Waals surface area contributed by atoms with Gasteiger partial charge in [-0.05, 0) is 12.7 Å². The van der Waals surface area contributed by atoms with E-state index in [-0.39, 0.29) is 0 Å². The van der Waals surface area contributed by atoms with Crippen LogP contribution < -0.4 is 10.2 Å². The number of hydrogen-bond acceptors (Lipinski definition) is 7. The average molecular weight is 288 g/mol. The smallest absolute Gasteiger partial charge is 0.318 e. The molecule has 0 saturated carbocycles. The lowest BCUT2D eigenvalue weighted by molar-refractivity contribution is 0.198. The van der Waals surface area contributed by atoms with E-state index in [0.29, 0.717) is 31.1 Å². The molecule has 1 heterocycles. The monoisotopic (exact) mass is 288 g/mol. The summed E-state index contributed by atoms with van der Waals surface area (Å²) in [5, 5.41) is 11.3. The zero-order valence-electron chi connectivity index (χ0n) is 12.2. The zero-order valence-corrected chi connectivity index (χ0v) is 13.0. The van der Waals surface area contributed by atoms with Crippen LogP contribution in [0, 0.1) is 0 Å². The number of aromatic nitrogens is 2. The van der Waals surface area contributed by atoms with E-state index < -0.39 is 0 Å². The Morgan fingerprint density at radius 2 is 2.26 bits per heavy atom. The summed E-state index contributed by atoms with van der Waals surface area (Å²) in [4.78, 5) is 2.06. The third-order valence-corrected chi connectivity index (χ3v) is 3.61. The van der Waals surface area contributed by atoms with Crippen LogP contribution in [0.4, 0.5) is 6.01 Å². The second-order valence-electron chi connectivity index (χ2n) is 4.28. The van der Waals surface area contributed by atoms with Crippen molar-refractivity contribution in [1.82, 2.24) is 15.5 Å². The summed E-state index contributed by atoms with van der Waals surface area (Å²) in [7, 11) is 3.68. The molecule has 1 N–H and O–H groups in total. The third-order valence-electron chi connectivity index (χ3n) is 2.90. The number of ether oxygens (including phenoxy) is 1. The minimum Gasteiger partial charge on any atom is -0.407 e. The van der Waals surface area contributed by atoms with Crippen molar-refractivity contribution >= 4 is 17.8 Å². The van der Waals surface area contributed by atoms with Crippen LogP contribution in [0.15, 0.2) is 4.42 Å². The minimum absolute atomic E-state index is 0.421. The molecule has 0 spiro atoms. The highest BCUT2D eigenvalue weighted by atomic mass is 32.2. The SMILES string of the molecule is CCC(CSC)N(C)c1nnc(CNCCOC)o1. The molecule has 1 rings (SSSR count). The van der Waals surface area contributed by atoms with Gasteiger partial charge in [0.2, 0.25) is 5.89 Å². The van der Waals surface area contributed by atoms with Gasteiger partial charge >= 0.3 is 6.01 Å². The van der Waals surface area contributed by atoms with E-state index in [1.54, 1.807) is 7.11 Å². The van der Waals surface area contributed by atoms with Crippen LogP contribution in [0.2, 0.25) is 0 Å². The van der Waals surface area contributed by atoms with Crippen molar-refractivity contribution in [3.8, 4) is 0 Å². The first-order valence-corrected chi connectivity index (χ1v) is 7.86. The maximum Gasteiger partial charge on any atom is 0.318 e. The molecule has 0 bridgehead atoms. The molecule has 6 nitrogen and oxygen atoms in total. The molecule has 0 fully saturated rings. The van der Waals surface area contributed by atoms with Crippen LogP contribution in [-0.4, -0.2) is 55.6 Å². The van der Waals surface area contributed by atoms with Gasteiger partial charge in [0.15, 0.2) is 0 Å². The molecule has 7 heteroatoms. The average Bonchev–Trinajstić information content (AvgIpc) is 2.89. The third kappa shape index (κ3) is 5.38. The van der Waals surface area contributed by atoms with Crippen molar-refractivity contribution in [2.24, 2.45) is 0 Å². The maximum absolute atomic E-state index is 5.65. The van der Waals surface area contributed by atoms with Gasteiger partial charge in [-0.1, -0.05) is 12.0 Å². The molecule has 0 radical (unpaired) electrons. The van der Waals surface area contributed by atoms with Crippen molar-refractivity contribution in [3.63, 3.8) is 0 Å². The molecule has 0 aliphatic carbocycles. The standard InChI is InChI=1S/C12H24N4O2S/c1-5-10(9-19-4)16(2)12-15-14-11(18-12)8-13-6-7-17-3/h10,13H,5-9H2,1-4H3. The second kappa shape index (κ2) is 9.17. The molecule has 1 atom stereocenters. The molecule has 0 saturated heterocycles. The van der Waals surface area contributed by atoms with Crippen LogP contribution in [0.25, 0.3) is 0 Å². The fourth-order valence-electron chi connectivity index (χ4n) is 1.68. The largest absolute Gasteiger partial charge is 0.407 e. The van der Waals surface area contributed by atoms with E-state index in [1.807, 2.05) is 18.8 Å². The molecule has 0 aliphatic heterocycles. The summed E-state index contributed by atoms with van der Waals surface area (Å²) in [6.07, 6.45) is 3.16. The Balaban J connectivity index is 2.48. The molecule has 110 valence electrons. The van der Waals surface area contributed by atoms with Gasteiger partial charge < -0.3 is 19.4 Å². The lowest BCUT2D eigenvalue weighted by atomic mass is 10.2. The first-order chi connectivity index (χ1) is 9.22. The van der Waals surface area contributed by atoms with Crippen LogP contribution in [-0.2, 0) is 11.3 Å². The van der Waals surface area contributed by atoms with E-state index in [2.05, 4.69) is 33.6 Å². The summed E-state index contributed by atoms with van der Waals surface area (Å²) >= 11 is 1.83. The van der Waals surface area contributed by atoms with Crippen molar-refractivity contribution < 1.29 is 9.15 Å². The molecule has 0 aliphatic rings. The fourth-order valence-corrected chi connectivity index (χ4v) is 2.52. The number of nitrogens with one attached hydrogen (secondary N) is 1. The van der Waals surface area contributed by atoms with Gasteiger partial charge in [-0.15, -0.1) is 5.10 Å². The van der Waals surface area contributed by atoms with E-state index in [0.717, 1.165) is 18.7 Å². The van der Waals surface area contributed by atoms with Gasteiger partial charge in [0.05, 0.1) is 13.2 Å². The summed E-state index contributed by atoms with van der Waals surface area (Å²) in [6.45, 7) is 4.19. The molecule has 1 aromatic heterocycles. The highest BCUT2D eigenvalue weighted by Crippen LogP contribution is 2.17. The predicted octanol–water partition coefficient (Wildman–Crippen LogP) is 1.38. The van der Waals surface area contributed by atoms with E-state index >= 15 is 0 Å². The Bertz CT molecular complexity index is 348.